The molecule has 0 unspecified atom stereocenters. The Morgan fingerprint density at radius 2 is 1.42 bits per heavy atom. The summed E-state index contributed by atoms with van der Waals surface area (Å²) in [6.45, 7) is 8.81. The largest absolute Gasteiger partial charge is 0.306 e. The molecule has 2 heteroatoms. The van der Waals surface area contributed by atoms with Crippen molar-refractivity contribution >= 4 is 0 Å². The Labute approximate surface area is 76.9 Å². The maximum absolute atomic E-state index is 2.40. The van der Waals surface area contributed by atoms with Gasteiger partial charge in [-0.2, -0.15) is 0 Å². The van der Waals surface area contributed by atoms with Crippen LogP contribution in [0.3, 0.4) is 0 Å². The van der Waals surface area contributed by atoms with E-state index in [0.29, 0.717) is 0 Å². The average molecular weight is 170 g/mol. The van der Waals surface area contributed by atoms with Crippen LogP contribution in [0.2, 0.25) is 0 Å². The molecule has 0 saturated heterocycles. The molecule has 0 aliphatic heterocycles. The van der Waals surface area contributed by atoms with Gasteiger partial charge in [-0.1, -0.05) is 26.0 Å². The third kappa shape index (κ3) is 6.38. The van der Waals surface area contributed by atoms with Crippen LogP contribution in [0.4, 0.5) is 0 Å². The SMILES string of the molecule is CCN(CC)C/C=C/CN(C)C. The van der Waals surface area contributed by atoms with Crippen molar-refractivity contribution in [2.24, 2.45) is 0 Å². The highest BCUT2D eigenvalue weighted by molar-refractivity contribution is 4.86. The van der Waals surface area contributed by atoms with Gasteiger partial charge in [-0.15, -0.1) is 0 Å². The zero-order chi connectivity index (χ0) is 9.40. The number of hydrogen-bond acceptors (Lipinski definition) is 2. The molecular weight excluding hydrogens is 148 g/mol. The lowest BCUT2D eigenvalue weighted by molar-refractivity contribution is 0.336. The highest BCUT2D eigenvalue weighted by Gasteiger charge is 1.92. The molecule has 0 saturated carbocycles. The van der Waals surface area contributed by atoms with E-state index in [0.717, 1.165) is 26.2 Å². The van der Waals surface area contributed by atoms with Gasteiger partial charge in [0.1, 0.15) is 0 Å². The summed E-state index contributed by atoms with van der Waals surface area (Å²) in [5, 5.41) is 0. The van der Waals surface area contributed by atoms with Gasteiger partial charge in [0.2, 0.25) is 0 Å². The number of likely N-dealkylation sites (N-methyl/N-ethyl adjacent to an activating group) is 2. The van der Waals surface area contributed by atoms with Gasteiger partial charge in [-0.05, 0) is 27.2 Å². The standard InChI is InChI=1S/C10H22N2/c1-5-12(6-2)10-8-7-9-11(3)4/h7-8H,5-6,9-10H2,1-4H3/b8-7+. The van der Waals surface area contributed by atoms with Gasteiger partial charge < -0.3 is 9.80 Å². The Morgan fingerprint density at radius 1 is 0.917 bits per heavy atom. The van der Waals surface area contributed by atoms with Crippen molar-refractivity contribution in [3.8, 4) is 0 Å². The normalized spacial score (nSPS) is 12.2. The van der Waals surface area contributed by atoms with Crippen LogP contribution in [0.1, 0.15) is 13.8 Å². The minimum Gasteiger partial charge on any atom is -0.306 e. The number of hydrogen-bond donors (Lipinski definition) is 0. The molecule has 0 aliphatic rings. The molecule has 0 aromatic carbocycles. The van der Waals surface area contributed by atoms with Crippen molar-refractivity contribution < 1.29 is 0 Å². The summed E-state index contributed by atoms with van der Waals surface area (Å²) in [7, 11) is 4.17. The minimum atomic E-state index is 1.04. The van der Waals surface area contributed by atoms with Crippen LogP contribution in [0.5, 0.6) is 0 Å². The first-order chi connectivity index (χ1) is 5.70. The van der Waals surface area contributed by atoms with Gasteiger partial charge in [0.05, 0.1) is 0 Å². The van der Waals surface area contributed by atoms with Crippen LogP contribution in [0, 0.1) is 0 Å². The molecule has 2 nitrogen and oxygen atoms in total. The molecule has 0 aromatic rings. The van der Waals surface area contributed by atoms with Gasteiger partial charge in [0.25, 0.3) is 0 Å². The van der Waals surface area contributed by atoms with Crippen molar-refractivity contribution in [1.82, 2.24) is 9.80 Å². The smallest absolute Gasteiger partial charge is 0.0163 e. The summed E-state index contributed by atoms with van der Waals surface area (Å²) >= 11 is 0. The summed E-state index contributed by atoms with van der Waals surface area (Å²) < 4.78 is 0. The fourth-order valence-corrected chi connectivity index (χ4v) is 0.991. The molecule has 0 aromatic heterocycles. The molecule has 0 heterocycles. The molecule has 0 fully saturated rings. The lowest BCUT2D eigenvalue weighted by Gasteiger charge is -2.15. The van der Waals surface area contributed by atoms with Crippen LogP contribution in [0.15, 0.2) is 12.2 Å². The molecule has 0 N–H and O–H groups in total. The van der Waals surface area contributed by atoms with Crippen LogP contribution in [0.25, 0.3) is 0 Å². The van der Waals surface area contributed by atoms with E-state index in [1.807, 2.05) is 0 Å². The first kappa shape index (κ1) is 11.7. The highest BCUT2D eigenvalue weighted by atomic mass is 15.1. The van der Waals surface area contributed by atoms with E-state index in [2.05, 4.69) is 49.9 Å². The second-order valence-corrected chi connectivity index (χ2v) is 3.22. The van der Waals surface area contributed by atoms with Crippen molar-refractivity contribution in [3.63, 3.8) is 0 Å². The second-order valence-electron chi connectivity index (χ2n) is 3.22. The summed E-state index contributed by atoms with van der Waals surface area (Å²) in [5.74, 6) is 0. The third-order valence-corrected chi connectivity index (χ3v) is 1.90. The average Bonchev–Trinajstić information content (AvgIpc) is 2.04. The molecule has 0 amide bonds. The molecule has 0 aliphatic carbocycles. The van der Waals surface area contributed by atoms with E-state index >= 15 is 0 Å². The van der Waals surface area contributed by atoms with Gasteiger partial charge in [-0.3, -0.25) is 0 Å². The molecule has 12 heavy (non-hydrogen) atoms. The van der Waals surface area contributed by atoms with Crippen molar-refractivity contribution in [2.45, 2.75) is 13.8 Å². The van der Waals surface area contributed by atoms with Gasteiger partial charge >= 0.3 is 0 Å². The van der Waals surface area contributed by atoms with Gasteiger partial charge in [0, 0.05) is 13.1 Å². The summed E-state index contributed by atoms with van der Waals surface area (Å²) in [4.78, 5) is 4.56. The molecule has 0 atom stereocenters. The van der Waals surface area contributed by atoms with Gasteiger partial charge in [-0.25, -0.2) is 0 Å². The molecule has 72 valence electrons. The Bertz CT molecular complexity index is 115. The maximum Gasteiger partial charge on any atom is 0.0163 e. The fraction of sp³-hybridized carbons (Fsp3) is 0.800. The molecule has 0 radical (unpaired) electrons. The lowest BCUT2D eigenvalue weighted by atomic mass is 10.4. The lowest BCUT2D eigenvalue weighted by Crippen LogP contribution is -2.22. The first-order valence-electron chi connectivity index (χ1n) is 4.72. The Hall–Kier alpha value is -0.340. The van der Waals surface area contributed by atoms with E-state index in [4.69, 9.17) is 0 Å². The molecule has 0 rings (SSSR count). The molecule has 0 spiro atoms. The number of nitrogens with zero attached hydrogens (tertiary/aromatic N) is 2. The van der Waals surface area contributed by atoms with Crippen molar-refractivity contribution in [2.75, 3.05) is 40.3 Å². The zero-order valence-electron chi connectivity index (χ0n) is 8.88. The van der Waals surface area contributed by atoms with E-state index in [1.165, 1.54) is 0 Å². The zero-order valence-corrected chi connectivity index (χ0v) is 8.88. The van der Waals surface area contributed by atoms with E-state index in [9.17, 15) is 0 Å². The van der Waals surface area contributed by atoms with E-state index < -0.39 is 0 Å². The minimum absolute atomic E-state index is 1.04. The van der Waals surface area contributed by atoms with Crippen molar-refractivity contribution in [1.29, 1.82) is 0 Å². The Kier molecular flexibility index (Phi) is 7.11. The van der Waals surface area contributed by atoms with Crippen LogP contribution < -0.4 is 0 Å². The predicted molar refractivity (Wildman–Crippen MR) is 55.5 cm³/mol. The molecular formula is C10H22N2. The van der Waals surface area contributed by atoms with Crippen LogP contribution in [-0.2, 0) is 0 Å². The van der Waals surface area contributed by atoms with E-state index in [-0.39, 0.29) is 0 Å². The second kappa shape index (κ2) is 7.32. The van der Waals surface area contributed by atoms with Crippen molar-refractivity contribution in [3.05, 3.63) is 12.2 Å². The Morgan fingerprint density at radius 3 is 1.83 bits per heavy atom. The van der Waals surface area contributed by atoms with Gasteiger partial charge in [0.15, 0.2) is 0 Å². The maximum atomic E-state index is 2.40. The quantitative estimate of drug-likeness (QED) is 0.557. The van der Waals surface area contributed by atoms with E-state index in [1.54, 1.807) is 0 Å². The fourth-order valence-electron chi connectivity index (χ4n) is 0.991. The topological polar surface area (TPSA) is 6.48 Å². The third-order valence-electron chi connectivity index (χ3n) is 1.90. The predicted octanol–water partition coefficient (Wildman–Crippen LogP) is 1.45. The summed E-state index contributed by atoms with van der Waals surface area (Å²) in [6, 6.07) is 0. The first-order valence-corrected chi connectivity index (χ1v) is 4.72. The summed E-state index contributed by atoms with van der Waals surface area (Å²) in [5.41, 5.74) is 0. The highest BCUT2D eigenvalue weighted by Crippen LogP contribution is 1.87. The molecule has 0 bridgehead atoms. The number of rotatable bonds is 6. The van der Waals surface area contributed by atoms with Crippen LogP contribution >= 0.6 is 0 Å². The Balaban J connectivity index is 3.44. The summed E-state index contributed by atoms with van der Waals surface area (Å²) in [6.07, 6.45) is 4.46. The monoisotopic (exact) mass is 170 g/mol. The van der Waals surface area contributed by atoms with Crippen LogP contribution in [-0.4, -0.2) is 50.1 Å².